The Morgan fingerprint density at radius 1 is 1.20 bits per heavy atom. The molecule has 104 valence electrons. The highest BCUT2D eigenvalue weighted by molar-refractivity contribution is 6.30. The molecule has 1 aromatic carbocycles. The van der Waals surface area contributed by atoms with E-state index in [0.29, 0.717) is 17.6 Å². The summed E-state index contributed by atoms with van der Waals surface area (Å²) in [7, 11) is 0. The molecule has 3 rings (SSSR count). The molecule has 2 aromatic rings. The lowest BCUT2D eigenvalue weighted by Gasteiger charge is -2.23. The average Bonchev–Trinajstić information content (AvgIpc) is 2.64. The van der Waals surface area contributed by atoms with Crippen molar-refractivity contribution in [1.82, 2.24) is 9.97 Å². The summed E-state index contributed by atoms with van der Waals surface area (Å²) in [6, 6.07) is 8.10. The van der Waals surface area contributed by atoms with Gasteiger partial charge in [0.15, 0.2) is 0 Å². The largest absolute Gasteiger partial charge is 0.491 e. The Morgan fingerprint density at radius 3 is 2.85 bits per heavy atom. The van der Waals surface area contributed by atoms with E-state index in [1.54, 1.807) is 0 Å². The Labute approximate surface area is 123 Å². The smallest absolute Gasteiger partial charge is 0.137 e. The molecule has 0 fully saturated rings. The monoisotopic (exact) mass is 289 g/mol. The van der Waals surface area contributed by atoms with Crippen molar-refractivity contribution in [3.05, 3.63) is 46.4 Å². The normalized spacial score (nSPS) is 14.4. The number of rotatable bonds is 1. The van der Waals surface area contributed by atoms with E-state index in [2.05, 4.69) is 20.9 Å². The van der Waals surface area contributed by atoms with Gasteiger partial charge in [0.25, 0.3) is 0 Å². The predicted molar refractivity (Wildman–Crippen MR) is 79.5 cm³/mol. The van der Waals surface area contributed by atoms with Crippen LogP contribution in [-0.2, 0) is 6.54 Å². The van der Waals surface area contributed by atoms with E-state index in [1.807, 2.05) is 32.0 Å². The van der Waals surface area contributed by atoms with Gasteiger partial charge in [-0.15, -0.1) is 0 Å². The van der Waals surface area contributed by atoms with Gasteiger partial charge in [-0.05, 0) is 19.9 Å². The van der Waals surface area contributed by atoms with Crippen LogP contribution in [0.25, 0.3) is 0 Å². The van der Waals surface area contributed by atoms with E-state index in [9.17, 15) is 0 Å². The molecular weight excluding hydrogens is 274 g/mol. The number of halogens is 1. The maximum Gasteiger partial charge on any atom is 0.137 e. The Morgan fingerprint density at radius 2 is 2.00 bits per heavy atom. The van der Waals surface area contributed by atoms with Crippen LogP contribution in [0.2, 0.25) is 5.15 Å². The third-order valence-corrected chi connectivity index (χ3v) is 3.79. The first-order chi connectivity index (χ1) is 9.65. The van der Waals surface area contributed by atoms with Gasteiger partial charge in [-0.1, -0.05) is 29.8 Å². The number of fused-ring (bicyclic) bond motifs is 1. The second kappa shape index (κ2) is 5.29. The van der Waals surface area contributed by atoms with Crippen LogP contribution in [0, 0.1) is 13.8 Å². The van der Waals surface area contributed by atoms with E-state index < -0.39 is 0 Å². The van der Waals surface area contributed by atoms with Crippen LogP contribution in [0.3, 0.4) is 0 Å². The van der Waals surface area contributed by atoms with E-state index >= 15 is 0 Å². The standard InChI is InChI=1S/C15H16ClN3O/c1-10-14(16)17-11(2)18-15(10)19-7-8-20-13-6-4-3-5-12(13)9-19/h3-6H,7-9H2,1-2H3. The molecule has 0 amide bonds. The second-order valence-corrected chi connectivity index (χ2v) is 5.25. The fourth-order valence-corrected chi connectivity index (χ4v) is 2.60. The minimum absolute atomic E-state index is 0.519. The molecule has 4 nitrogen and oxygen atoms in total. The van der Waals surface area contributed by atoms with Crippen molar-refractivity contribution >= 4 is 17.4 Å². The first kappa shape index (κ1) is 13.2. The third-order valence-electron chi connectivity index (χ3n) is 3.42. The second-order valence-electron chi connectivity index (χ2n) is 4.89. The maximum absolute atomic E-state index is 6.17. The molecule has 0 saturated heterocycles. The molecule has 2 heterocycles. The van der Waals surface area contributed by atoms with Gasteiger partial charge in [0.05, 0.1) is 6.54 Å². The summed E-state index contributed by atoms with van der Waals surface area (Å²) < 4.78 is 5.78. The van der Waals surface area contributed by atoms with Gasteiger partial charge in [0.1, 0.15) is 29.2 Å². The van der Waals surface area contributed by atoms with Crippen molar-refractivity contribution in [3.8, 4) is 5.75 Å². The van der Waals surface area contributed by atoms with Crippen LogP contribution >= 0.6 is 11.6 Å². The maximum atomic E-state index is 6.17. The van der Waals surface area contributed by atoms with Crippen molar-refractivity contribution < 1.29 is 4.74 Å². The Bertz CT molecular complexity index is 645. The van der Waals surface area contributed by atoms with Gasteiger partial charge < -0.3 is 9.64 Å². The van der Waals surface area contributed by atoms with Crippen LogP contribution < -0.4 is 9.64 Å². The summed E-state index contributed by atoms with van der Waals surface area (Å²) in [5.41, 5.74) is 2.08. The molecule has 0 saturated carbocycles. The SMILES string of the molecule is Cc1nc(Cl)c(C)c(N2CCOc3ccccc3C2)n1. The van der Waals surface area contributed by atoms with Gasteiger partial charge in [-0.2, -0.15) is 0 Å². The van der Waals surface area contributed by atoms with E-state index in [1.165, 1.54) is 0 Å². The highest BCUT2D eigenvalue weighted by atomic mass is 35.5. The van der Waals surface area contributed by atoms with Crippen molar-refractivity contribution in [3.63, 3.8) is 0 Å². The van der Waals surface area contributed by atoms with Crippen LogP contribution in [-0.4, -0.2) is 23.1 Å². The zero-order valence-electron chi connectivity index (χ0n) is 11.6. The highest BCUT2D eigenvalue weighted by Crippen LogP contribution is 2.28. The van der Waals surface area contributed by atoms with Crippen molar-refractivity contribution in [2.24, 2.45) is 0 Å². The molecule has 20 heavy (non-hydrogen) atoms. The molecule has 1 aromatic heterocycles. The summed E-state index contributed by atoms with van der Waals surface area (Å²) in [6.07, 6.45) is 0. The summed E-state index contributed by atoms with van der Waals surface area (Å²) in [5, 5.41) is 0.519. The zero-order valence-corrected chi connectivity index (χ0v) is 12.3. The topological polar surface area (TPSA) is 38.2 Å². The number of hydrogen-bond acceptors (Lipinski definition) is 4. The van der Waals surface area contributed by atoms with Crippen molar-refractivity contribution in [2.75, 3.05) is 18.1 Å². The minimum atomic E-state index is 0.519. The minimum Gasteiger partial charge on any atom is -0.491 e. The number of benzene rings is 1. The lowest BCUT2D eigenvalue weighted by molar-refractivity contribution is 0.331. The number of para-hydroxylation sites is 1. The lowest BCUT2D eigenvalue weighted by Crippen LogP contribution is -2.27. The Balaban J connectivity index is 1.99. The molecule has 0 unspecified atom stereocenters. The first-order valence-corrected chi connectivity index (χ1v) is 6.99. The molecule has 5 heteroatoms. The van der Waals surface area contributed by atoms with E-state index in [0.717, 1.165) is 35.8 Å². The molecule has 0 radical (unpaired) electrons. The van der Waals surface area contributed by atoms with Crippen LogP contribution in [0.15, 0.2) is 24.3 Å². The molecule has 0 N–H and O–H groups in total. The van der Waals surface area contributed by atoms with E-state index in [4.69, 9.17) is 16.3 Å². The van der Waals surface area contributed by atoms with Gasteiger partial charge in [-0.3, -0.25) is 0 Å². The fraction of sp³-hybridized carbons (Fsp3) is 0.333. The third kappa shape index (κ3) is 2.43. The quantitative estimate of drug-likeness (QED) is 0.756. The lowest BCUT2D eigenvalue weighted by atomic mass is 10.2. The highest BCUT2D eigenvalue weighted by Gasteiger charge is 2.19. The Kier molecular flexibility index (Phi) is 3.49. The molecule has 0 aliphatic carbocycles. The van der Waals surface area contributed by atoms with Crippen LogP contribution in [0.4, 0.5) is 5.82 Å². The number of aromatic nitrogens is 2. The molecule has 0 spiro atoms. The molecule has 0 atom stereocenters. The van der Waals surface area contributed by atoms with Crippen LogP contribution in [0.1, 0.15) is 17.0 Å². The first-order valence-electron chi connectivity index (χ1n) is 6.61. The number of aryl methyl sites for hydroxylation is 1. The number of anilines is 1. The molecule has 0 bridgehead atoms. The van der Waals surface area contributed by atoms with Crippen LogP contribution in [0.5, 0.6) is 5.75 Å². The van der Waals surface area contributed by atoms with Crippen molar-refractivity contribution in [1.29, 1.82) is 0 Å². The average molecular weight is 290 g/mol. The van der Waals surface area contributed by atoms with Gasteiger partial charge in [0.2, 0.25) is 0 Å². The van der Waals surface area contributed by atoms with Gasteiger partial charge >= 0.3 is 0 Å². The summed E-state index contributed by atoms with van der Waals surface area (Å²) in [4.78, 5) is 10.9. The number of nitrogens with zero attached hydrogens (tertiary/aromatic N) is 3. The zero-order chi connectivity index (χ0) is 14.1. The molecule has 1 aliphatic rings. The summed E-state index contributed by atoms with van der Waals surface area (Å²) >= 11 is 6.17. The predicted octanol–water partition coefficient (Wildman–Crippen LogP) is 3.15. The van der Waals surface area contributed by atoms with Crippen molar-refractivity contribution in [2.45, 2.75) is 20.4 Å². The number of hydrogen-bond donors (Lipinski definition) is 0. The fourth-order valence-electron chi connectivity index (χ4n) is 2.39. The Hall–Kier alpha value is -1.81. The summed E-state index contributed by atoms with van der Waals surface area (Å²) in [6.45, 7) is 6.00. The summed E-state index contributed by atoms with van der Waals surface area (Å²) in [5.74, 6) is 2.53. The van der Waals surface area contributed by atoms with E-state index in [-0.39, 0.29) is 0 Å². The van der Waals surface area contributed by atoms with Gasteiger partial charge in [-0.25, -0.2) is 9.97 Å². The number of ether oxygens (including phenoxy) is 1. The van der Waals surface area contributed by atoms with Gasteiger partial charge in [0, 0.05) is 17.7 Å². The molecular formula is C15H16ClN3O. The molecule has 1 aliphatic heterocycles.